The van der Waals surface area contributed by atoms with Crippen LogP contribution in [0.15, 0.2) is 18.2 Å². The highest BCUT2D eigenvalue weighted by molar-refractivity contribution is 6.07. The minimum Gasteiger partial charge on any atom is -0.495 e. The summed E-state index contributed by atoms with van der Waals surface area (Å²) in [6.45, 7) is 0. The fraction of sp³-hybridized carbons (Fsp3) is 0.417. The molecule has 3 rings (SSSR count). The molecule has 0 bridgehead atoms. The van der Waals surface area contributed by atoms with Gasteiger partial charge in [-0.15, -0.1) is 0 Å². The number of benzene rings is 1. The van der Waals surface area contributed by atoms with Gasteiger partial charge in [-0.1, -0.05) is 6.07 Å². The zero-order valence-electron chi connectivity index (χ0n) is 9.17. The van der Waals surface area contributed by atoms with Crippen LogP contribution in [-0.4, -0.2) is 18.6 Å². The molecule has 1 aliphatic carbocycles. The molecular weight excluding hydrogens is 204 g/mol. The van der Waals surface area contributed by atoms with Crippen molar-refractivity contribution in [2.24, 2.45) is 0 Å². The Morgan fingerprint density at radius 3 is 2.81 bits per heavy atom. The van der Waals surface area contributed by atoms with E-state index in [2.05, 4.69) is 10.6 Å². The highest BCUT2D eigenvalue weighted by Crippen LogP contribution is 2.45. The van der Waals surface area contributed by atoms with Gasteiger partial charge >= 0.3 is 0 Å². The van der Waals surface area contributed by atoms with Gasteiger partial charge in [0.2, 0.25) is 5.91 Å². The van der Waals surface area contributed by atoms with Crippen LogP contribution in [0.1, 0.15) is 19.3 Å². The third-order valence-electron chi connectivity index (χ3n) is 3.50. The SMILES string of the molecule is COc1cccc2c1NC1(CCC1)C(=O)N2. The standard InChI is InChI=1S/C12H14N2O2/c1-16-9-5-2-4-8-10(9)14-12(6-3-7-12)11(15)13-8/h2,4-5,14H,3,6-7H2,1H3,(H,13,15). The molecule has 1 aliphatic heterocycles. The van der Waals surface area contributed by atoms with Crippen LogP contribution < -0.4 is 15.4 Å². The van der Waals surface area contributed by atoms with Crippen molar-refractivity contribution in [3.8, 4) is 5.75 Å². The molecule has 1 aromatic carbocycles. The van der Waals surface area contributed by atoms with E-state index in [0.717, 1.165) is 36.4 Å². The summed E-state index contributed by atoms with van der Waals surface area (Å²) in [4.78, 5) is 11.9. The molecule has 16 heavy (non-hydrogen) atoms. The minimum absolute atomic E-state index is 0.0829. The smallest absolute Gasteiger partial charge is 0.250 e. The van der Waals surface area contributed by atoms with Gasteiger partial charge < -0.3 is 15.4 Å². The second-order valence-corrected chi connectivity index (χ2v) is 4.40. The Labute approximate surface area is 94.0 Å². The van der Waals surface area contributed by atoms with Gasteiger partial charge in [-0.05, 0) is 31.4 Å². The molecular formula is C12H14N2O2. The van der Waals surface area contributed by atoms with Crippen LogP contribution >= 0.6 is 0 Å². The van der Waals surface area contributed by atoms with Crippen LogP contribution in [0.25, 0.3) is 0 Å². The van der Waals surface area contributed by atoms with Crippen LogP contribution in [-0.2, 0) is 4.79 Å². The number of hydrogen-bond donors (Lipinski definition) is 2. The van der Waals surface area contributed by atoms with Crippen molar-refractivity contribution in [2.75, 3.05) is 17.7 Å². The summed E-state index contributed by atoms with van der Waals surface area (Å²) in [5.41, 5.74) is 1.33. The molecule has 1 heterocycles. The second-order valence-electron chi connectivity index (χ2n) is 4.40. The fourth-order valence-corrected chi connectivity index (χ4v) is 2.35. The molecule has 0 aromatic heterocycles. The molecule has 0 atom stereocenters. The van der Waals surface area contributed by atoms with Crippen LogP contribution in [0.4, 0.5) is 11.4 Å². The summed E-state index contributed by atoms with van der Waals surface area (Å²) in [7, 11) is 1.64. The largest absolute Gasteiger partial charge is 0.495 e. The summed E-state index contributed by atoms with van der Waals surface area (Å²) in [6, 6.07) is 5.66. The molecule has 1 saturated carbocycles. The molecule has 1 spiro atoms. The number of hydrogen-bond acceptors (Lipinski definition) is 3. The number of para-hydroxylation sites is 1. The van der Waals surface area contributed by atoms with E-state index < -0.39 is 0 Å². The monoisotopic (exact) mass is 218 g/mol. The number of methoxy groups -OCH3 is 1. The Bertz CT molecular complexity index is 452. The van der Waals surface area contributed by atoms with E-state index in [1.54, 1.807) is 7.11 Å². The van der Waals surface area contributed by atoms with Crippen molar-refractivity contribution in [3.63, 3.8) is 0 Å². The van der Waals surface area contributed by atoms with E-state index in [-0.39, 0.29) is 11.4 Å². The number of ether oxygens (including phenoxy) is 1. The van der Waals surface area contributed by atoms with Crippen molar-refractivity contribution < 1.29 is 9.53 Å². The number of fused-ring (bicyclic) bond motifs is 1. The van der Waals surface area contributed by atoms with E-state index in [1.165, 1.54) is 0 Å². The third kappa shape index (κ3) is 1.13. The Hall–Kier alpha value is -1.71. The average molecular weight is 218 g/mol. The van der Waals surface area contributed by atoms with Crippen molar-refractivity contribution in [2.45, 2.75) is 24.8 Å². The van der Waals surface area contributed by atoms with Crippen molar-refractivity contribution in [1.82, 2.24) is 0 Å². The molecule has 4 heteroatoms. The van der Waals surface area contributed by atoms with E-state index in [1.807, 2.05) is 18.2 Å². The number of rotatable bonds is 1. The Kier molecular flexibility index (Phi) is 1.87. The van der Waals surface area contributed by atoms with Crippen molar-refractivity contribution in [3.05, 3.63) is 18.2 Å². The summed E-state index contributed by atoms with van der Waals surface area (Å²) in [5, 5.41) is 6.29. The first-order valence-electron chi connectivity index (χ1n) is 5.52. The maximum atomic E-state index is 11.9. The van der Waals surface area contributed by atoms with Crippen LogP contribution in [0.2, 0.25) is 0 Å². The molecule has 1 fully saturated rings. The van der Waals surface area contributed by atoms with Crippen molar-refractivity contribution >= 4 is 17.3 Å². The maximum absolute atomic E-state index is 11.9. The lowest BCUT2D eigenvalue weighted by Crippen LogP contribution is -2.57. The minimum atomic E-state index is -0.387. The number of carbonyl (C=O) groups excluding carboxylic acids is 1. The average Bonchev–Trinajstić information content (AvgIpc) is 2.25. The predicted molar refractivity (Wildman–Crippen MR) is 61.8 cm³/mol. The van der Waals surface area contributed by atoms with Gasteiger partial charge in [-0.25, -0.2) is 0 Å². The quantitative estimate of drug-likeness (QED) is 0.757. The normalized spacial score (nSPS) is 20.4. The number of carbonyl (C=O) groups is 1. The van der Waals surface area contributed by atoms with Crippen LogP contribution in [0.3, 0.4) is 0 Å². The lowest BCUT2D eigenvalue weighted by atomic mass is 9.74. The molecule has 1 amide bonds. The molecule has 2 N–H and O–H groups in total. The maximum Gasteiger partial charge on any atom is 0.250 e. The second kappa shape index (κ2) is 3.14. The number of anilines is 2. The third-order valence-corrected chi connectivity index (χ3v) is 3.50. The summed E-state index contributed by atoms with van der Waals surface area (Å²) < 4.78 is 5.30. The van der Waals surface area contributed by atoms with E-state index >= 15 is 0 Å². The van der Waals surface area contributed by atoms with Gasteiger partial charge in [-0.3, -0.25) is 4.79 Å². The van der Waals surface area contributed by atoms with Gasteiger partial charge in [0.05, 0.1) is 12.8 Å². The van der Waals surface area contributed by atoms with Gasteiger partial charge in [0, 0.05) is 0 Å². The number of nitrogens with one attached hydrogen (secondary N) is 2. The van der Waals surface area contributed by atoms with Crippen molar-refractivity contribution in [1.29, 1.82) is 0 Å². The van der Waals surface area contributed by atoms with Gasteiger partial charge in [0.1, 0.15) is 17.0 Å². The van der Waals surface area contributed by atoms with E-state index in [0.29, 0.717) is 0 Å². The Balaban J connectivity index is 2.05. The predicted octanol–water partition coefficient (Wildman–Crippen LogP) is 1.98. The lowest BCUT2D eigenvalue weighted by Gasteiger charge is -2.45. The zero-order chi connectivity index (χ0) is 11.2. The number of amides is 1. The van der Waals surface area contributed by atoms with Crippen LogP contribution in [0.5, 0.6) is 5.75 Å². The summed E-state index contributed by atoms with van der Waals surface area (Å²) in [6.07, 6.45) is 2.90. The molecule has 84 valence electrons. The zero-order valence-corrected chi connectivity index (χ0v) is 9.17. The Morgan fingerprint density at radius 2 is 2.19 bits per heavy atom. The highest BCUT2D eigenvalue weighted by atomic mass is 16.5. The van der Waals surface area contributed by atoms with Gasteiger partial charge in [-0.2, -0.15) is 0 Å². The first-order valence-corrected chi connectivity index (χ1v) is 5.52. The van der Waals surface area contributed by atoms with Crippen LogP contribution in [0, 0.1) is 0 Å². The van der Waals surface area contributed by atoms with E-state index in [4.69, 9.17) is 4.74 Å². The van der Waals surface area contributed by atoms with Gasteiger partial charge in [0.15, 0.2) is 0 Å². The lowest BCUT2D eigenvalue weighted by molar-refractivity contribution is -0.123. The van der Waals surface area contributed by atoms with E-state index in [9.17, 15) is 4.79 Å². The summed E-state index contributed by atoms with van der Waals surface area (Å²) >= 11 is 0. The molecule has 2 aliphatic rings. The van der Waals surface area contributed by atoms with Gasteiger partial charge in [0.25, 0.3) is 0 Å². The molecule has 0 saturated heterocycles. The first-order chi connectivity index (χ1) is 7.75. The molecule has 0 radical (unpaired) electrons. The fourth-order valence-electron chi connectivity index (χ4n) is 2.35. The first kappa shape index (κ1) is 9.51. The molecule has 0 unspecified atom stereocenters. The summed E-state index contributed by atoms with van der Waals surface area (Å²) in [5.74, 6) is 0.864. The molecule has 4 nitrogen and oxygen atoms in total. The Morgan fingerprint density at radius 1 is 1.38 bits per heavy atom. The molecule has 1 aromatic rings. The topological polar surface area (TPSA) is 50.4 Å². The highest BCUT2D eigenvalue weighted by Gasteiger charge is 2.47.